The van der Waals surface area contributed by atoms with Crippen LogP contribution >= 0.6 is 11.3 Å². The monoisotopic (exact) mass is 405 g/mol. The minimum absolute atomic E-state index is 0.0750. The largest absolute Gasteiger partial charge is 0.456 e. The summed E-state index contributed by atoms with van der Waals surface area (Å²) in [5.41, 5.74) is 3.44. The summed E-state index contributed by atoms with van der Waals surface area (Å²) in [5.74, 6) is 0.233. The average molecular weight is 405 g/mol. The van der Waals surface area contributed by atoms with E-state index in [4.69, 9.17) is 14.4 Å². The van der Waals surface area contributed by atoms with E-state index < -0.39 is 5.97 Å². The Kier molecular flexibility index (Phi) is 5.67. The van der Waals surface area contributed by atoms with Crippen LogP contribution in [-0.2, 0) is 22.7 Å². The number of rotatable bonds is 7. The van der Waals surface area contributed by atoms with Gasteiger partial charge in [-0.15, -0.1) is 11.3 Å². The molecule has 0 aliphatic carbocycles. The van der Waals surface area contributed by atoms with Gasteiger partial charge in [0.05, 0.1) is 11.4 Å². The van der Waals surface area contributed by atoms with E-state index in [-0.39, 0.29) is 6.61 Å². The summed E-state index contributed by atoms with van der Waals surface area (Å²) >= 11 is 1.61. The molecule has 0 aliphatic rings. The van der Waals surface area contributed by atoms with Crippen LogP contribution in [0.25, 0.3) is 16.6 Å². The summed E-state index contributed by atoms with van der Waals surface area (Å²) in [5, 5.41) is 10.5. The van der Waals surface area contributed by atoms with Crippen molar-refractivity contribution in [3.63, 3.8) is 0 Å². The van der Waals surface area contributed by atoms with Crippen LogP contribution in [0.15, 0.2) is 70.7 Å². The summed E-state index contributed by atoms with van der Waals surface area (Å²) < 4.78 is 12.1. The Morgan fingerprint density at radius 1 is 1.24 bits per heavy atom. The molecule has 0 fully saturated rings. The molecule has 29 heavy (non-hydrogen) atoms. The molecular weight excluding hydrogens is 386 g/mol. The third-order valence-electron chi connectivity index (χ3n) is 4.17. The second-order valence-electron chi connectivity index (χ2n) is 6.46. The van der Waals surface area contributed by atoms with Crippen molar-refractivity contribution in [3.8, 4) is 10.6 Å². The molecule has 0 amide bonds. The van der Waals surface area contributed by atoms with E-state index in [1.54, 1.807) is 30.4 Å². The number of esters is 1. The zero-order chi connectivity index (χ0) is 20.1. The van der Waals surface area contributed by atoms with Crippen molar-refractivity contribution in [2.45, 2.75) is 20.1 Å². The molecule has 0 radical (unpaired) electrons. The molecule has 0 N–H and O–H groups in total. The molecule has 0 atom stereocenters. The number of carbonyl (C=O) groups excluding carboxylic acids is 1. The van der Waals surface area contributed by atoms with E-state index >= 15 is 0 Å². The molecule has 0 bridgehead atoms. The SMILES string of the molecule is Cc1cc(COC(=O)/C=C/c2cn(Cc3ccccc3)nc2-c2cccs2)no1. The quantitative estimate of drug-likeness (QED) is 0.329. The Bertz CT molecular complexity index is 1110. The molecule has 6 nitrogen and oxygen atoms in total. The fourth-order valence-corrected chi connectivity index (χ4v) is 3.58. The molecule has 3 heterocycles. The van der Waals surface area contributed by atoms with Gasteiger partial charge >= 0.3 is 5.97 Å². The van der Waals surface area contributed by atoms with Crippen LogP contribution < -0.4 is 0 Å². The van der Waals surface area contributed by atoms with E-state index in [2.05, 4.69) is 17.3 Å². The molecule has 0 aliphatic heterocycles. The smallest absolute Gasteiger partial charge is 0.331 e. The standard InChI is InChI=1S/C22H19N3O3S/c1-16-12-19(24-28-16)15-27-21(26)10-9-18-14-25(13-17-6-3-2-4-7-17)23-22(18)20-8-5-11-29-20/h2-12,14H,13,15H2,1H3/b10-9+. The Hall–Kier alpha value is -3.45. The predicted octanol–water partition coefficient (Wildman–Crippen LogP) is 4.71. The molecule has 0 saturated carbocycles. The summed E-state index contributed by atoms with van der Waals surface area (Å²) in [4.78, 5) is 13.1. The zero-order valence-corrected chi connectivity index (χ0v) is 16.6. The van der Waals surface area contributed by atoms with Gasteiger partial charge in [0.1, 0.15) is 23.8 Å². The maximum atomic E-state index is 12.1. The molecular formula is C22H19N3O3S. The third-order valence-corrected chi connectivity index (χ3v) is 5.05. The second kappa shape index (κ2) is 8.70. The predicted molar refractivity (Wildman–Crippen MR) is 111 cm³/mol. The Labute approximate surface area is 172 Å². The highest BCUT2D eigenvalue weighted by molar-refractivity contribution is 7.13. The normalized spacial score (nSPS) is 11.2. The van der Waals surface area contributed by atoms with Crippen molar-refractivity contribution in [1.29, 1.82) is 0 Å². The highest BCUT2D eigenvalue weighted by atomic mass is 32.1. The Balaban J connectivity index is 1.50. The fourth-order valence-electron chi connectivity index (χ4n) is 2.85. The maximum absolute atomic E-state index is 12.1. The lowest BCUT2D eigenvalue weighted by molar-refractivity contribution is -0.139. The molecule has 1 aromatic carbocycles. The van der Waals surface area contributed by atoms with Crippen LogP contribution in [-0.4, -0.2) is 20.9 Å². The van der Waals surface area contributed by atoms with Crippen LogP contribution in [0.2, 0.25) is 0 Å². The molecule has 3 aromatic heterocycles. The van der Waals surface area contributed by atoms with Gasteiger partial charge in [0, 0.05) is 23.9 Å². The van der Waals surface area contributed by atoms with Crippen molar-refractivity contribution >= 4 is 23.4 Å². The molecule has 4 aromatic rings. The van der Waals surface area contributed by atoms with Gasteiger partial charge in [0.2, 0.25) is 0 Å². The summed E-state index contributed by atoms with van der Waals surface area (Å²) in [7, 11) is 0. The molecule has 0 unspecified atom stereocenters. The number of thiophene rings is 1. The number of aromatic nitrogens is 3. The maximum Gasteiger partial charge on any atom is 0.331 e. The van der Waals surface area contributed by atoms with Gasteiger partial charge in [0.25, 0.3) is 0 Å². The van der Waals surface area contributed by atoms with Crippen molar-refractivity contribution in [3.05, 3.63) is 88.8 Å². The lowest BCUT2D eigenvalue weighted by atomic mass is 10.2. The first-order valence-corrected chi connectivity index (χ1v) is 9.97. The van der Waals surface area contributed by atoms with Crippen LogP contribution in [0.1, 0.15) is 22.6 Å². The van der Waals surface area contributed by atoms with E-state index in [1.807, 2.05) is 46.6 Å². The molecule has 4 rings (SSSR count). The van der Waals surface area contributed by atoms with Crippen molar-refractivity contribution in [1.82, 2.24) is 14.9 Å². The van der Waals surface area contributed by atoms with Gasteiger partial charge in [-0.05, 0) is 30.0 Å². The molecule has 7 heteroatoms. The van der Waals surface area contributed by atoms with Gasteiger partial charge < -0.3 is 9.26 Å². The molecule has 0 saturated heterocycles. The minimum Gasteiger partial charge on any atom is -0.456 e. The van der Waals surface area contributed by atoms with Crippen LogP contribution in [0.3, 0.4) is 0 Å². The van der Waals surface area contributed by atoms with Crippen molar-refractivity contribution in [2.75, 3.05) is 0 Å². The Morgan fingerprint density at radius 3 is 2.83 bits per heavy atom. The van der Waals surface area contributed by atoms with Crippen molar-refractivity contribution in [2.24, 2.45) is 0 Å². The van der Waals surface area contributed by atoms with Gasteiger partial charge in [-0.1, -0.05) is 41.6 Å². The number of hydrogen-bond donors (Lipinski definition) is 0. The zero-order valence-electron chi connectivity index (χ0n) is 15.8. The number of hydrogen-bond acceptors (Lipinski definition) is 6. The number of ether oxygens (including phenoxy) is 1. The van der Waals surface area contributed by atoms with E-state index in [0.29, 0.717) is 18.0 Å². The first kappa shape index (κ1) is 18.9. The van der Waals surface area contributed by atoms with E-state index in [1.165, 1.54) is 6.08 Å². The number of aryl methyl sites for hydroxylation is 1. The fraction of sp³-hybridized carbons (Fsp3) is 0.136. The molecule has 146 valence electrons. The highest BCUT2D eigenvalue weighted by Gasteiger charge is 2.11. The average Bonchev–Trinajstić information content (AvgIpc) is 3.46. The minimum atomic E-state index is -0.446. The van der Waals surface area contributed by atoms with Gasteiger partial charge in [-0.25, -0.2) is 4.79 Å². The van der Waals surface area contributed by atoms with Crippen LogP contribution in [0.5, 0.6) is 0 Å². The topological polar surface area (TPSA) is 70.2 Å². The summed E-state index contributed by atoms with van der Waals surface area (Å²) in [6.45, 7) is 2.52. The first-order chi connectivity index (χ1) is 14.2. The van der Waals surface area contributed by atoms with Crippen LogP contribution in [0, 0.1) is 6.92 Å². The van der Waals surface area contributed by atoms with Crippen LogP contribution in [0.4, 0.5) is 0 Å². The lowest BCUT2D eigenvalue weighted by Crippen LogP contribution is -2.00. The van der Waals surface area contributed by atoms with E-state index in [9.17, 15) is 4.79 Å². The third kappa shape index (κ3) is 4.89. The van der Waals surface area contributed by atoms with E-state index in [0.717, 1.165) is 21.7 Å². The van der Waals surface area contributed by atoms with Gasteiger partial charge in [-0.3, -0.25) is 4.68 Å². The number of nitrogens with zero attached hydrogens (tertiary/aromatic N) is 3. The van der Waals surface area contributed by atoms with Crippen molar-refractivity contribution < 1.29 is 14.1 Å². The number of carbonyl (C=O) groups is 1. The molecule has 0 spiro atoms. The second-order valence-corrected chi connectivity index (χ2v) is 7.41. The number of benzene rings is 1. The lowest BCUT2D eigenvalue weighted by Gasteiger charge is -2.00. The first-order valence-electron chi connectivity index (χ1n) is 9.09. The summed E-state index contributed by atoms with van der Waals surface area (Å²) in [6, 6.07) is 15.9. The van der Waals surface area contributed by atoms with Gasteiger partial charge in [-0.2, -0.15) is 5.10 Å². The van der Waals surface area contributed by atoms with Gasteiger partial charge in [0.15, 0.2) is 0 Å². The Morgan fingerprint density at radius 2 is 2.10 bits per heavy atom. The highest BCUT2D eigenvalue weighted by Crippen LogP contribution is 2.27. The summed E-state index contributed by atoms with van der Waals surface area (Å²) in [6.07, 6.45) is 5.08.